The minimum atomic E-state index is -3.77. The van der Waals surface area contributed by atoms with E-state index >= 15 is 0 Å². The van der Waals surface area contributed by atoms with Gasteiger partial charge in [0.2, 0.25) is 15.8 Å². The predicted molar refractivity (Wildman–Crippen MR) is 73.3 cm³/mol. The maximum atomic E-state index is 12.6. The summed E-state index contributed by atoms with van der Waals surface area (Å²) in [6, 6.07) is 8.56. The van der Waals surface area contributed by atoms with Crippen molar-refractivity contribution in [3.05, 3.63) is 53.0 Å². The SMILES string of the molecule is Cc1oc(C(=O)O)cc1S(=O)(=O)N1Cc2ccccc2C1. The van der Waals surface area contributed by atoms with Gasteiger partial charge in [-0.05, 0) is 18.1 Å². The number of furan rings is 1. The largest absolute Gasteiger partial charge is 0.475 e. The minimum absolute atomic E-state index is 0.0864. The topological polar surface area (TPSA) is 87.8 Å². The molecule has 7 heteroatoms. The number of sulfonamides is 1. The highest BCUT2D eigenvalue weighted by Crippen LogP contribution is 2.31. The molecule has 2 heterocycles. The number of hydrogen-bond donors (Lipinski definition) is 1. The van der Waals surface area contributed by atoms with Gasteiger partial charge in [-0.2, -0.15) is 4.31 Å². The zero-order valence-electron chi connectivity index (χ0n) is 11.2. The summed E-state index contributed by atoms with van der Waals surface area (Å²) in [4.78, 5) is 10.8. The van der Waals surface area contributed by atoms with E-state index in [1.165, 1.54) is 11.2 Å². The van der Waals surface area contributed by atoms with E-state index in [4.69, 9.17) is 9.52 Å². The molecule has 0 spiro atoms. The molecule has 6 nitrogen and oxygen atoms in total. The summed E-state index contributed by atoms with van der Waals surface area (Å²) in [6.45, 7) is 2.01. The molecule has 21 heavy (non-hydrogen) atoms. The Hall–Kier alpha value is -2.12. The van der Waals surface area contributed by atoms with Crippen LogP contribution in [-0.2, 0) is 23.1 Å². The lowest BCUT2D eigenvalue weighted by Crippen LogP contribution is -2.25. The first kappa shape index (κ1) is 13.8. The third kappa shape index (κ3) is 2.24. The molecule has 1 aliphatic heterocycles. The highest BCUT2D eigenvalue weighted by molar-refractivity contribution is 7.89. The van der Waals surface area contributed by atoms with Crippen LogP contribution in [0.5, 0.6) is 0 Å². The van der Waals surface area contributed by atoms with Crippen LogP contribution in [0.25, 0.3) is 0 Å². The van der Waals surface area contributed by atoms with Gasteiger partial charge < -0.3 is 9.52 Å². The number of aryl methyl sites for hydroxylation is 1. The Morgan fingerprint density at radius 2 is 1.81 bits per heavy atom. The van der Waals surface area contributed by atoms with Crippen molar-refractivity contribution in [1.29, 1.82) is 0 Å². The average Bonchev–Trinajstić information content (AvgIpc) is 3.02. The van der Waals surface area contributed by atoms with Crippen molar-refractivity contribution >= 4 is 16.0 Å². The van der Waals surface area contributed by atoms with Gasteiger partial charge in [0, 0.05) is 19.2 Å². The number of aromatic carboxylic acids is 1. The van der Waals surface area contributed by atoms with Crippen LogP contribution in [0.15, 0.2) is 39.6 Å². The second kappa shape index (κ2) is 4.71. The van der Waals surface area contributed by atoms with Gasteiger partial charge in [-0.15, -0.1) is 0 Å². The van der Waals surface area contributed by atoms with E-state index in [-0.39, 0.29) is 29.5 Å². The van der Waals surface area contributed by atoms with Crippen molar-refractivity contribution in [1.82, 2.24) is 4.31 Å². The van der Waals surface area contributed by atoms with E-state index in [0.29, 0.717) is 0 Å². The molecule has 0 amide bonds. The van der Waals surface area contributed by atoms with Crippen molar-refractivity contribution in [2.24, 2.45) is 0 Å². The standard InChI is InChI=1S/C14H13NO5S/c1-9-13(6-12(20-9)14(16)17)21(18,19)15-7-10-4-2-3-5-11(10)8-15/h2-6H,7-8H2,1H3,(H,16,17). The summed E-state index contributed by atoms with van der Waals surface area (Å²) in [6.07, 6.45) is 0. The molecule has 0 bridgehead atoms. The van der Waals surface area contributed by atoms with Gasteiger partial charge in [0.25, 0.3) is 0 Å². The van der Waals surface area contributed by atoms with E-state index in [0.717, 1.165) is 17.2 Å². The Morgan fingerprint density at radius 1 is 1.24 bits per heavy atom. The monoisotopic (exact) mass is 307 g/mol. The maximum Gasteiger partial charge on any atom is 0.371 e. The number of carboxylic acid groups (broad SMARTS) is 1. The van der Waals surface area contributed by atoms with Crippen molar-refractivity contribution in [2.75, 3.05) is 0 Å². The van der Waals surface area contributed by atoms with Gasteiger partial charge >= 0.3 is 5.97 Å². The first-order valence-electron chi connectivity index (χ1n) is 6.30. The molecule has 1 N–H and O–H groups in total. The summed E-state index contributed by atoms with van der Waals surface area (Å²) >= 11 is 0. The molecule has 1 aromatic carbocycles. The van der Waals surface area contributed by atoms with E-state index in [1.54, 1.807) is 0 Å². The molecule has 0 unspecified atom stereocenters. The lowest BCUT2D eigenvalue weighted by molar-refractivity contribution is 0.0661. The first-order chi connectivity index (χ1) is 9.89. The molecule has 3 rings (SSSR count). The van der Waals surface area contributed by atoms with Gasteiger partial charge in [0.1, 0.15) is 10.7 Å². The zero-order valence-corrected chi connectivity index (χ0v) is 12.1. The summed E-state index contributed by atoms with van der Waals surface area (Å²) in [5, 5.41) is 8.89. The number of carboxylic acids is 1. The fraction of sp³-hybridized carbons (Fsp3) is 0.214. The fourth-order valence-corrected chi connectivity index (χ4v) is 3.99. The number of nitrogens with zero attached hydrogens (tertiary/aromatic N) is 1. The summed E-state index contributed by atoms with van der Waals surface area (Å²) in [5.41, 5.74) is 1.92. The Kier molecular flexibility index (Phi) is 3.11. The first-order valence-corrected chi connectivity index (χ1v) is 7.74. The van der Waals surface area contributed by atoms with Crippen LogP contribution in [-0.4, -0.2) is 23.8 Å². The Bertz CT molecular complexity index is 797. The number of rotatable bonds is 3. The van der Waals surface area contributed by atoms with Gasteiger partial charge in [0.05, 0.1) is 0 Å². The molecule has 0 saturated heterocycles. The van der Waals surface area contributed by atoms with Crippen molar-refractivity contribution in [3.8, 4) is 0 Å². The fourth-order valence-electron chi connectivity index (χ4n) is 2.44. The average molecular weight is 307 g/mol. The molecule has 0 atom stereocenters. The molecule has 0 saturated carbocycles. The molecule has 0 fully saturated rings. The van der Waals surface area contributed by atoms with E-state index in [1.807, 2.05) is 24.3 Å². The molecule has 110 valence electrons. The molecule has 0 aliphatic carbocycles. The zero-order chi connectivity index (χ0) is 15.2. The normalized spacial score (nSPS) is 15.1. The number of benzene rings is 1. The van der Waals surface area contributed by atoms with Crippen molar-refractivity contribution in [2.45, 2.75) is 24.9 Å². The molecule has 1 aromatic heterocycles. The van der Waals surface area contributed by atoms with Crippen LogP contribution in [0.3, 0.4) is 0 Å². The van der Waals surface area contributed by atoms with Gasteiger partial charge in [-0.25, -0.2) is 13.2 Å². The van der Waals surface area contributed by atoms with Crippen LogP contribution in [0.4, 0.5) is 0 Å². The molecular formula is C14H13NO5S. The highest BCUT2D eigenvalue weighted by Gasteiger charge is 2.33. The third-order valence-electron chi connectivity index (χ3n) is 3.51. The number of carbonyl (C=O) groups is 1. The van der Waals surface area contributed by atoms with Gasteiger partial charge in [0.15, 0.2) is 0 Å². The molecule has 1 aliphatic rings. The van der Waals surface area contributed by atoms with Gasteiger partial charge in [-0.3, -0.25) is 0 Å². The van der Waals surface area contributed by atoms with Crippen LogP contribution < -0.4 is 0 Å². The lowest BCUT2D eigenvalue weighted by Gasteiger charge is -2.14. The number of hydrogen-bond acceptors (Lipinski definition) is 4. The second-order valence-electron chi connectivity index (χ2n) is 4.88. The summed E-state index contributed by atoms with van der Waals surface area (Å²) in [7, 11) is -3.77. The molecule has 0 radical (unpaired) electrons. The van der Waals surface area contributed by atoms with E-state index in [9.17, 15) is 13.2 Å². The van der Waals surface area contributed by atoms with E-state index < -0.39 is 16.0 Å². The van der Waals surface area contributed by atoms with Crippen molar-refractivity contribution in [3.63, 3.8) is 0 Å². The predicted octanol–water partition coefficient (Wildman–Crippen LogP) is 1.99. The van der Waals surface area contributed by atoms with Crippen LogP contribution in [0.2, 0.25) is 0 Å². The molecular weight excluding hydrogens is 294 g/mol. The Balaban J connectivity index is 1.98. The minimum Gasteiger partial charge on any atom is -0.475 e. The van der Waals surface area contributed by atoms with Gasteiger partial charge in [-0.1, -0.05) is 24.3 Å². The summed E-state index contributed by atoms with van der Waals surface area (Å²) in [5.74, 6) is -1.57. The van der Waals surface area contributed by atoms with Crippen molar-refractivity contribution < 1.29 is 22.7 Å². The van der Waals surface area contributed by atoms with Crippen LogP contribution in [0.1, 0.15) is 27.4 Å². The Labute approximate surface area is 121 Å². The Morgan fingerprint density at radius 3 is 2.29 bits per heavy atom. The maximum absolute atomic E-state index is 12.6. The lowest BCUT2D eigenvalue weighted by atomic mass is 10.1. The highest BCUT2D eigenvalue weighted by atomic mass is 32.2. The van der Waals surface area contributed by atoms with E-state index in [2.05, 4.69) is 0 Å². The summed E-state index contributed by atoms with van der Waals surface area (Å²) < 4.78 is 31.6. The second-order valence-corrected chi connectivity index (χ2v) is 6.78. The third-order valence-corrected chi connectivity index (χ3v) is 5.41. The van der Waals surface area contributed by atoms with Crippen LogP contribution >= 0.6 is 0 Å². The quantitative estimate of drug-likeness (QED) is 0.937. The van der Waals surface area contributed by atoms with Crippen LogP contribution in [0, 0.1) is 6.92 Å². The molecule has 2 aromatic rings. The smallest absolute Gasteiger partial charge is 0.371 e. The number of fused-ring (bicyclic) bond motifs is 1.